The molecule has 5 heteroatoms. The van der Waals surface area contributed by atoms with Crippen LogP contribution in [0, 0.1) is 6.92 Å². The van der Waals surface area contributed by atoms with Gasteiger partial charge in [-0.15, -0.1) is 0 Å². The zero-order chi connectivity index (χ0) is 14.0. The van der Waals surface area contributed by atoms with Crippen LogP contribution in [0.2, 0.25) is 5.02 Å². The van der Waals surface area contributed by atoms with Crippen LogP contribution >= 0.6 is 27.5 Å². The maximum absolute atomic E-state index is 12.2. The predicted molar refractivity (Wildman–Crippen MR) is 82.7 cm³/mol. The Balaban J connectivity index is 2.28. The van der Waals surface area contributed by atoms with Crippen LogP contribution in [0.1, 0.15) is 15.9 Å². The number of benzene rings is 2. The summed E-state index contributed by atoms with van der Waals surface area (Å²) >= 11 is 9.42. The first kappa shape index (κ1) is 13.9. The molecule has 98 valence electrons. The minimum atomic E-state index is -0.267. The zero-order valence-electron chi connectivity index (χ0n) is 10.2. The third-order valence-corrected chi connectivity index (χ3v) is 3.61. The fourth-order valence-corrected chi connectivity index (χ4v) is 2.30. The van der Waals surface area contributed by atoms with E-state index in [0.717, 1.165) is 10.0 Å². The van der Waals surface area contributed by atoms with Crippen molar-refractivity contribution >= 4 is 44.8 Å². The molecular formula is C14H12BrClN2O. The van der Waals surface area contributed by atoms with Gasteiger partial charge in [0, 0.05) is 10.2 Å². The van der Waals surface area contributed by atoms with Gasteiger partial charge in [-0.2, -0.15) is 0 Å². The van der Waals surface area contributed by atoms with Crippen molar-refractivity contribution in [1.29, 1.82) is 0 Å². The molecule has 1 amide bonds. The van der Waals surface area contributed by atoms with Crippen LogP contribution in [0.3, 0.4) is 0 Å². The number of nitrogens with two attached hydrogens (primary N) is 1. The molecule has 0 bridgehead atoms. The van der Waals surface area contributed by atoms with Crippen LogP contribution in [-0.2, 0) is 0 Å². The Morgan fingerprint density at radius 3 is 2.68 bits per heavy atom. The van der Waals surface area contributed by atoms with E-state index >= 15 is 0 Å². The lowest BCUT2D eigenvalue weighted by Crippen LogP contribution is -2.13. The van der Waals surface area contributed by atoms with E-state index in [1.807, 2.05) is 13.0 Å². The van der Waals surface area contributed by atoms with Crippen molar-refractivity contribution in [1.82, 2.24) is 0 Å². The molecular weight excluding hydrogens is 328 g/mol. The van der Waals surface area contributed by atoms with Gasteiger partial charge in [-0.3, -0.25) is 4.79 Å². The van der Waals surface area contributed by atoms with Crippen molar-refractivity contribution in [2.45, 2.75) is 6.92 Å². The fourth-order valence-electron chi connectivity index (χ4n) is 1.63. The Morgan fingerprint density at radius 2 is 2.00 bits per heavy atom. The summed E-state index contributed by atoms with van der Waals surface area (Å²) in [5.41, 5.74) is 8.32. The van der Waals surface area contributed by atoms with Crippen molar-refractivity contribution < 1.29 is 4.79 Å². The fraction of sp³-hybridized carbons (Fsp3) is 0.0714. The molecule has 3 nitrogen and oxygen atoms in total. The smallest absolute Gasteiger partial charge is 0.257 e. The van der Waals surface area contributed by atoms with E-state index in [1.165, 1.54) is 0 Å². The Labute approximate surface area is 124 Å². The summed E-state index contributed by atoms with van der Waals surface area (Å²) in [6.07, 6.45) is 0. The summed E-state index contributed by atoms with van der Waals surface area (Å²) < 4.78 is 0.762. The van der Waals surface area contributed by atoms with E-state index in [9.17, 15) is 4.79 Å². The number of hydrogen-bond acceptors (Lipinski definition) is 2. The summed E-state index contributed by atoms with van der Waals surface area (Å²) in [6, 6.07) is 10.5. The van der Waals surface area contributed by atoms with Crippen LogP contribution in [0.5, 0.6) is 0 Å². The number of nitrogens with one attached hydrogen (secondary N) is 1. The number of rotatable bonds is 2. The Hall–Kier alpha value is -1.52. The normalized spacial score (nSPS) is 10.3. The number of aryl methyl sites for hydroxylation is 1. The average molecular weight is 340 g/mol. The first-order valence-corrected chi connectivity index (χ1v) is 6.77. The Bertz CT molecular complexity index is 643. The molecule has 2 aromatic rings. The van der Waals surface area contributed by atoms with Crippen molar-refractivity contribution in [2.24, 2.45) is 0 Å². The van der Waals surface area contributed by atoms with Crippen molar-refractivity contribution in [3.05, 3.63) is 57.0 Å². The SMILES string of the molecule is Cc1ccc(C(=O)Nc2cc(N)ccc2Br)c(Cl)c1. The molecule has 0 atom stereocenters. The largest absolute Gasteiger partial charge is 0.399 e. The number of halogens is 2. The number of carbonyl (C=O) groups excluding carboxylic acids is 1. The van der Waals surface area contributed by atoms with Gasteiger partial charge in [0.1, 0.15) is 0 Å². The van der Waals surface area contributed by atoms with Gasteiger partial charge in [-0.25, -0.2) is 0 Å². The zero-order valence-corrected chi connectivity index (χ0v) is 12.5. The molecule has 3 N–H and O–H groups in total. The van der Waals surface area contributed by atoms with E-state index in [4.69, 9.17) is 17.3 Å². The molecule has 0 aliphatic rings. The lowest BCUT2D eigenvalue weighted by molar-refractivity contribution is 0.102. The number of amides is 1. The van der Waals surface area contributed by atoms with Gasteiger partial charge in [0.05, 0.1) is 16.3 Å². The van der Waals surface area contributed by atoms with E-state index < -0.39 is 0 Å². The second-order valence-electron chi connectivity index (χ2n) is 4.18. The molecule has 0 unspecified atom stereocenters. The van der Waals surface area contributed by atoms with Crippen molar-refractivity contribution in [2.75, 3.05) is 11.1 Å². The van der Waals surface area contributed by atoms with Crippen molar-refractivity contribution in [3.8, 4) is 0 Å². The van der Waals surface area contributed by atoms with Gasteiger partial charge in [0.25, 0.3) is 5.91 Å². The highest BCUT2D eigenvalue weighted by atomic mass is 79.9. The quantitative estimate of drug-likeness (QED) is 0.804. The third kappa shape index (κ3) is 3.28. The molecule has 0 aliphatic heterocycles. The summed E-state index contributed by atoms with van der Waals surface area (Å²) in [5, 5.41) is 3.21. The summed E-state index contributed by atoms with van der Waals surface area (Å²) in [7, 11) is 0. The molecule has 0 aliphatic carbocycles. The number of anilines is 2. The average Bonchev–Trinajstić information content (AvgIpc) is 2.33. The molecule has 19 heavy (non-hydrogen) atoms. The molecule has 2 rings (SSSR count). The van der Waals surface area contributed by atoms with Gasteiger partial charge >= 0.3 is 0 Å². The topological polar surface area (TPSA) is 55.1 Å². The number of carbonyl (C=O) groups is 1. The first-order valence-electron chi connectivity index (χ1n) is 5.60. The van der Waals surface area contributed by atoms with E-state index in [2.05, 4.69) is 21.2 Å². The highest BCUT2D eigenvalue weighted by molar-refractivity contribution is 9.10. The maximum atomic E-state index is 12.2. The number of hydrogen-bond donors (Lipinski definition) is 2. The third-order valence-electron chi connectivity index (χ3n) is 2.61. The molecule has 0 radical (unpaired) electrons. The van der Waals surface area contributed by atoms with Gasteiger partial charge in [-0.05, 0) is 58.7 Å². The molecule has 0 fully saturated rings. The molecule has 0 aromatic heterocycles. The van der Waals surface area contributed by atoms with Crippen LogP contribution in [0.25, 0.3) is 0 Å². The summed E-state index contributed by atoms with van der Waals surface area (Å²) in [6.45, 7) is 1.92. The predicted octanol–water partition coefficient (Wildman–Crippen LogP) is 4.25. The van der Waals surface area contributed by atoms with Gasteiger partial charge in [0.15, 0.2) is 0 Å². The molecule has 2 aromatic carbocycles. The Morgan fingerprint density at radius 1 is 1.26 bits per heavy atom. The van der Waals surface area contributed by atoms with Crippen LogP contribution in [0.4, 0.5) is 11.4 Å². The standard InChI is InChI=1S/C14H12BrClN2O/c1-8-2-4-10(12(16)6-8)14(19)18-13-7-9(17)3-5-11(13)15/h2-7H,17H2,1H3,(H,18,19). The van der Waals surface area contributed by atoms with E-state index in [0.29, 0.717) is 22.0 Å². The summed E-state index contributed by atoms with van der Waals surface area (Å²) in [5.74, 6) is -0.267. The highest BCUT2D eigenvalue weighted by Gasteiger charge is 2.12. The van der Waals surface area contributed by atoms with Gasteiger partial charge < -0.3 is 11.1 Å². The minimum Gasteiger partial charge on any atom is -0.399 e. The minimum absolute atomic E-state index is 0.267. The van der Waals surface area contributed by atoms with E-state index in [-0.39, 0.29) is 5.91 Å². The van der Waals surface area contributed by atoms with Gasteiger partial charge in [0.2, 0.25) is 0 Å². The molecule has 0 saturated carbocycles. The Kier molecular flexibility index (Phi) is 4.12. The maximum Gasteiger partial charge on any atom is 0.257 e. The lowest BCUT2D eigenvalue weighted by atomic mass is 10.1. The van der Waals surface area contributed by atoms with Crippen molar-refractivity contribution in [3.63, 3.8) is 0 Å². The second kappa shape index (κ2) is 5.63. The van der Waals surface area contributed by atoms with Crippen LogP contribution < -0.4 is 11.1 Å². The molecule has 0 saturated heterocycles. The highest BCUT2D eigenvalue weighted by Crippen LogP contribution is 2.26. The summed E-state index contributed by atoms with van der Waals surface area (Å²) in [4.78, 5) is 12.2. The first-order chi connectivity index (χ1) is 8.97. The van der Waals surface area contributed by atoms with E-state index in [1.54, 1.807) is 30.3 Å². The second-order valence-corrected chi connectivity index (χ2v) is 5.44. The number of nitrogen functional groups attached to an aromatic ring is 1. The molecule has 0 heterocycles. The molecule has 0 spiro atoms. The van der Waals surface area contributed by atoms with Gasteiger partial charge in [-0.1, -0.05) is 17.7 Å². The lowest BCUT2D eigenvalue weighted by Gasteiger charge is -2.09. The monoisotopic (exact) mass is 338 g/mol. The van der Waals surface area contributed by atoms with Crippen LogP contribution in [0.15, 0.2) is 40.9 Å². The van der Waals surface area contributed by atoms with Crippen LogP contribution in [-0.4, -0.2) is 5.91 Å².